The van der Waals surface area contributed by atoms with Gasteiger partial charge in [0.15, 0.2) is 0 Å². The van der Waals surface area contributed by atoms with Crippen molar-refractivity contribution in [3.8, 4) is 0 Å². The first-order valence-electron chi connectivity index (χ1n) is 6.09. The standard InChI is InChI=1S/C12H14N4O4/c13-7-1-3-10(16(19)20)9(5-7)12(18)15-8-2-4-11(17)14-6-8/h1,3,5,8H,2,4,6,13H2,(H,14,17)(H,15,18). The molecular formula is C12H14N4O4. The zero-order chi connectivity index (χ0) is 14.7. The highest BCUT2D eigenvalue weighted by Crippen LogP contribution is 2.21. The van der Waals surface area contributed by atoms with Crippen LogP contribution in [0.2, 0.25) is 0 Å². The molecule has 8 heteroatoms. The molecule has 20 heavy (non-hydrogen) atoms. The number of benzene rings is 1. The van der Waals surface area contributed by atoms with Crippen LogP contribution in [-0.4, -0.2) is 29.3 Å². The molecule has 2 rings (SSSR count). The zero-order valence-corrected chi connectivity index (χ0v) is 10.6. The molecule has 0 aromatic heterocycles. The highest BCUT2D eigenvalue weighted by atomic mass is 16.6. The monoisotopic (exact) mass is 278 g/mol. The number of hydrogen-bond acceptors (Lipinski definition) is 5. The highest BCUT2D eigenvalue weighted by molar-refractivity contribution is 5.99. The number of carbonyl (C=O) groups is 2. The molecule has 1 aliphatic heterocycles. The molecule has 1 heterocycles. The molecule has 1 aromatic rings. The average Bonchev–Trinajstić information content (AvgIpc) is 2.41. The summed E-state index contributed by atoms with van der Waals surface area (Å²) in [6.07, 6.45) is 0.831. The lowest BCUT2D eigenvalue weighted by molar-refractivity contribution is -0.385. The molecule has 1 unspecified atom stereocenters. The number of nitrogens with one attached hydrogen (secondary N) is 2. The number of nitrogens with two attached hydrogens (primary N) is 1. The van der Waals surface area contributed by atoms with Crippen molar-refractivity contribution in [2.75, 3.05) is 12.3 Å². The molecule has 1 aromatic carbocycles. The van der Waals surface area contributed by atoms with Gasteiger partial charge in [0.05, 0.1) is 4.92 Å². The largest absolute Gasteiger partial charge is 0.399 e. The molecule has 0 aliphatic carbocycles. The summed E-state index contributed by atoms with van der Waals surface area (Å²) in [5.74, 6) is -0.629. The van der Waals surface area contributed by atoms with Crippen molar-refractivity contribution in [2.45, 2.75) is 18.9 Å². The number of nitrogens with zero attached hydrogens (tertiary/aromatic N) is 1. The zero-order valence-electron chi connectivity index (χ0n) is 10.6. The van der Waals surface area contributed by atoms with Crippen molar-refractivity contribution in [1.82, 2.24) is 10.6 Å². The van der Waals surface area contributed by atoms with E-state index in [-0.39, 0.29) is 28.9 Å². The third-order valence-corrected chi connectivity index (χ3v) is 3.06. The molecular weight excluding hydrogens is 264 g/mol. The summed E-state index contributed by atoms with van der Waals surface area (Å²) in [6, 6.07) is 3.61. The predicted molar refractivity (Wildman–Crippen MR) is 71.0 cm³/mol. The normalized spacial score (nSPS) is 18.2. The Morgan fingerprint density at radius 3 is 2.85 bits per heavy atom. The first-order valence-corrected chi connectivity index (χ1v) is 6.09. The number of carbonyl (C=O) groups excluding carboxylic acids is 2. The van der Waals surface area contributed by atoms with Gasteiger partial charge in [0.25, 0.3) is 11.6 Å². The maximum Gasteiger partial charge on any atom is 0.282 e. The van der Waals surface area contributed by atoms with Crippen LogP contribution in [0.25, 0.3) is 0 Å². The second kappa shape index (κ2) is 5.55. The van der Waals surface area contributed by atoms with Gasteiger partial charge >= 0.3 is 0 Å². The molecule has 0 radical (unpaired) electrons. The number of amides is 2. The fraction of sp³-hybridized carbons (Fsp3) is 0.333. The fourth-order valence-electron chi connectivity index (χ4n) is 2.01. The Kier molecular flexibility index (Phi) is 3.83. The van der Waals surface area contributed by atoms with Crippen LogP contribution in [0.15, 0.2) is 18.2 Å². The van der Waals surface area contributed by atoms with Gasteiger partial charge in [-0.15, -0.1) is 0 Å². The summed E-state index contributed by atoms with van der Waals surface area (Å²) in [7, 11) is 0. The van der Waals surface area contributed by atoms with Crippen molar-refractivity contribution in [2.24, 2.45) is 0 Å². The van der Waals surface area contributed by atoms with E-state index in [0.29, 0.717) is 19.4 Å². The molecule has 1 fully saturated rings. The molecule has 2 amide bonds. The Morgan fingerprint density at radius 2 is 2.25 bits per heavy atom. The van der Waals surface area contributed by atoms with Crippen LogP contribution >= 0.6 is 0 Å². The van der Waals surface area contributed by atoms with E-state index in [1.807, 2.05) is 0 Å². The summed E-state index contributed by atoms with van der Waals surface area (Å²) in [5, 5.41) is 16.2. The van der Waals surface area contributed by atoms with Crippen LogP contribution in [0.4, 0.5) is 11.4 Å². The quantitative estimate of drug-likeness (QED) is 0.413. The molecule has 0 saturated carbocycles. The van der Waals surface area contributed by atoms with E-state index in [0.717, 1.165) is 0 Å². The average molecular weight is 278 g/mol. The van der Waals surface area contributed by atoms with Gasteiger partial charge in [-0.25, -0.2) is 0 Å². The number of piperidine rings is 1. The van der Waals surface area contributed by atoms with Gasteiger partial charge in [0, 0.05) is 30.8 Å². The summed E-state index contributed by atoms with van der Waals surface area (Å²) in [5.41, 5.74) is 5.46. The minimum Gasteiger partial charge on any atom is -0.399 e. The van der Waals surface area contributed by atoms with E-state index >= 15 is 0 Å². The van der Waals surface area contributed by atoms with Crippen LogP contribution in [0.3, 0.4) is 0 Å². The summed E-state index contributed by atoms with van der Waals surface area (Å²) >= 11 is 0. The van der Waals surface area contributed by atoms with Gasteiger partial charge in [-0.05, 0) is 18.6 Å². The SMILES string of the molecule is Nc1ccc([N+](=O)[O-])c(C(=O)NC2CCC(=O)NC2)c1. The van der Waals surface area contributed by atoms with Gasteiger partial charge in [-0.2, -0.15) is 0 Å². The lowest BCUT2D eigenvalue weighted by Crippen LogP contribution is -2.47. The van der Waals surface area contributed by atoms with Crippen LogP contribution < -0.4 is 16.4 Å². The summed E-state index contributed by atoms with van der Waals surface area (Å²) < 4.78 is 0. The van der Waals surface area contributed by atoms with Gasteiger partial charge in [-0.1, -0.05) is 0 Å². The van der Waals surface area contributed by atoms with Crippen molar-refractivity contribution in [1.29, 1.82) is 0 Å². The third kappa shape index (κ3) is 3.02. The van der Waals surface area contributed by atoms with E-state index in [1.54, 1.807) is 0 Å². The van der Waals surface area contributed by atoms with Gasteiger partial charge in [0.2, 0.25) is 5.91 Å². The summed E-state index contributed by atoms with van der Waals surface area (Å²) in [6.45, 7) is 0.320. The van der Waals surface area contributed by atoms with Crippen LogP contribution in [0.5, 0.6) is 0 Å². The van der Waals surface area contributed by atoms with Gasteiger partial charge in [-0.3, -0.25) is 19.7 Å². The van der Waals surface area contributed by atoms with Crippen LogP contribution in [0, 0.1) is 10.1 Å². The topological polar surface area (TPSA) is 127 Å². The fourth-order valence-corrected chi connectivity index (χ4v) is 2.01. The maximum absolute atomic E-state index is 12.1. The predicted octanol–water partition coefficient (Wildman–Crippen LogP) is 0.185. The Balaban J connectivity index is 2.14. The lowest BCUT2D eigenvalue weighted by atomic mass is 10.1. The van der Waals surface area contributed by atoms with Crippen molar-refractivity contribution < 1.29 is 14.5 Å². The Morgan fingerprint density at radius 1 is 1.50 bits per heavy atom. The Bertz CT molecular complexity index is 563. The van der Waals surface area contributed by atoms with Crippen LogP contribution in [-0.2, 0) is 4.79 Å². The molecule has 1 aliphatic rings. The summed E-state index contributed by atoms with van der Waals surface area (Å²) in [4.78, 5) is 33.4. The molecule has 0 spiro atoms. The van der Waals surface area contributed by atoms with E-state index in [1.165, 1.54) is 18.2 Å². The van der Waals surface area contributed by atoms with E-state index in [2.05, 4.69) is 10.6 Å². The number of rotatable bonds is 3. The first-order chi connectivity index (χ1) is 9.47. The van der Waals surface area contributed by atoms with Crippen molar-refractivity contribution in [3.05, 3.63) is 33.9 Å². The third-order valence-electron chi connectivity index (χ3n) is 3.06. The molecule has 1 atom stereocenters. The minimum absolute atomic E-state index is 0.0644. The number of nitro groups is 1. The smallest absolute Gasteiger partial charge is 0.282 e. The van der Waals surface area contributed by atoms with E-state index < -0.39 is 10.8 Å². The number of hydrogen-bond donors (Lipinski definition) is 3. The van der Waals surface area contributed by atoms with Crippen LogP contribution in [0.1, 0.15) is 23.2 Å². The molecule has 106 valence electrons. The van der Waals surface area contributed by atoms with E-state index in [9.17, 15) is 19.7 Å². The van der Waals surface area contributed by atoms with Gasteiger partial charge < -0.3 is 16.4 Å². The van der Waals surface area contributed by atoms with Gasteiger partial charge in [0.1, 0.15) is 5.56 Å². The minimum atomic E-state index is -0.628. The maximum atomic E-state index is 12.1. The van der Waals surface area contributed by atoms with E-state index in [4.69, 9.17) is 5.73 Å². The molecule has 4 N–H and O–H groups in total. The van der Waals surface area contributed by atoms with Crippen molar-refractivity contribution >= 4 is 23.2 Å². The lowest BCUT2D eigenvalue weighted by Gasteiger charge is -2.23. The van der Waals surface area contributed by atoms with Crippen molar-refractivity contribution in [3.63, 3.8) is 0 Å². The Labute approximate surface area is 114 Å². The number of nitro benzene ring substituents is 1. The Hall–Kier alpha value is -2.64. The second-order valence-electron chi connectivity index (χ2n) is 4.55. The molecule has 0 bridgehead atoms. The molecule has 1 saturated heterocycles. The number of nitrogen functional groups attached to an aromatic ring is 1. The molecule has 8 nitrogen and oxygen atoms in total. The second-order valence-corrected chi connectivity index (χ2v) is 4.55. The first kappa shape index (κ1) is 13.8. The highest BCUT2D eigenvalue weighted by Gasteiger charge is 2.24. The number of anilines is 1.